The van der Waals surface area contributed by atoms with E-state index in [0.29, 0.717) is 12.5 Å². The van der Waals surface area contributed by atoms with Crippen LogP contribution < -0.4 is 10.6 Å². The summed E-state index contributed by atoms with van der Waals surface area (Å²) in [6.45, 7) is 3.07. The van der Waals surface area contributed by atoms with E-state index >= 15 is 0 Å². The van der Waals surface area contributed by atoms with E-state index in [0.717, 1.165) is 6.42 Å². The number of carbonyl (C=O) groups is 1. The van der Waals surface area contributed by atoms with Gasteiger partial charge in [-0.15, -0.1) is 0 Å². The van der Waals surface area contributed by atoms with Crippen LogP contribution in [0.15, 0.2) is 30.3 Å². The zero-order chi connectivity index (χ0) is 14.8. The van der Waals surface area contributed by atoms with Crippen LogP contribution in [-0.2, 0) is 4.74 Å². The van der Waals surface area contributed by atoms with Crippen molar-refractivity contribution >= 4 is 6.03 Å². The number of ether oxygens (including phenoxy) is 1. The number of amides is 2. The average molecular weight is 280 g/mol. The fraction of sp³-hybridized carbons (Fsp3) is 0.533. The van der Waals surface area contributed by atoms with Crippen molar-refractivity contribution in [1.29, 1.82) is 0 Å². The number of aliphatic hydroxyl groups excluding tert-OH is 1. The fourth-order valence-electron chi connectivity index (χ4n) is 1.96. The minimum Gasteiger partial charge on any atom is -0.389 e. The van der Waals surface area contributed by atoms with Crippen molar-refractivity contribution in [3.05, 3.63) is 35.9 Å². The van der Waals surface area contributed by atoms with Crippen molar-refractivity contribution in [2.24, 2.45) is 0 Å². The molecule has 0 spiro atoms. The molecule has 20 heavy (non-hydrogen) atoms. The molecule has 0 aliphatic rings. The molecule has 2 amide bonds. The second-order valence-electron chi connectivity index (χ2n) is 4.72. The molecule has 0 saturated carbocycles. The van der Waals surface area contributed by atoms with Gasteiger partial charge in [0.05, 0.1) is 12.7 Å². The minimum absolute atomic E-state index is 0.182. The number of aliphatic hydroxyl groups is 1. The highest BCUT2D eigenvalue weighted by Gasteiger charge is 2.11. The van der Waals surface area contributed by atoms with E-state index in [1.165, 1.54) is 12.7 Å². The minimum atomic E-state index is -0.679. The van der Waals surface area contributed by atoms with Gasteiger partial charge in [0.15, 0.2) is 0 Å². The Kier molecular flexibility index (Phi) is 7.69. The SMILES string of the molecule is CCC(CNC(=O)NCC(O)COC)c1ccccc1. The lowest BCUT2D eigenvalue weighted by Crippen LogP contribution is -2.42. The number of rotatable bonds is 8. The molecule has 0 fully saturated rings. The first-order chi connectivity index (χ1) is 9.67. The lowest BCUT2D eigenvalue weighted by Gasteiger charge is -2.17. The number of hydrogen-bond donors (Lipinski definition) is 3. The number of nitrogens with one attached hydrogen (secondary N) is 2. The Hall–Kier alpha value is -1.59. The quantitative estimate of drug-likeness (QED) is 0.675. The summed E-state index contributed by atoms with van der Waals surface area (Å²) in [6, 6.07) is 9.84. The Morgan fingerprint density at radius 3 is 2.50 bits per heavy atom. The van der Waals surface area contributed by atoms with Crippen LogP contribution in [0.4, 0.5) is 4.79 Å². The Balaban J connectivity index is 2.32. The van der Waals surface area contributed by atoms with E-state index in [9.17, 15) is 9.90 Å². The number of hydrogen-bond acceptors (Lipinski definition) is 3. The predicted molar refractivity (Wildman–Crippen MR) is 78.8 cm³/mol. The van der Waals surface area contributed by atoms with Crippen molar-refractivity contribution in [1.82, 2.24) is 10.6 Å². The highest BCUT2D eigenvalue weighted by atomic mass is 16.5. The standard InChI is InChI=1S/C15H24N2O3/c1-3-12(13-7-5-4-6-8-13)9-16-15(19)17-10-14(18)11-20-2/h4-8,12,14,18H,3,9-11H2,1-2H3,(H2,16,17,19). The van der Waals surface area contributed by atoms with Crippen molar-refractivity contribution < 1.29 is 14.6 Å². The summed E-state index contributed by atoms with van der Waals surface area (Å²) < 4.78 is 4.79. The molecule has 0 heterocycles. The third-order valence-electron chi connectivity index (χ3n) is 3.13. The maximum Gasteiger partial charge on any atom is 0.314 e. The number of urea groups is 1. The molecule has 112 valence electrons. The largest absolute Gasteiger partial charge is 0.389 e. The van der Waals surface area contributed by atoms with E-state index in [-0.39, 0.29) is 19.2 Å². The molecule has 0 radical (unpaired) electrons. The molecule has 5 nitrogen and oxygen atoms in total. The lowest BCUT2D eigenvalue weighted by molar-refractivity contribution is 0.0660. The van der Waals surface area contributed by atoms with Gasteiger partial charge in [0.1, 0.15) is 0 Å². The van der Waals surface area contributed by atoms with Crippen LogP contribution in [0.1, 0.15) is 24.8 Å². The molecule has 1 aromatic carbocycles. The van der Waals surface area contributed by atoms with Gasteiger partial charge in [-0.1, -0.05) is 37.3 Å². The second kappa shape index (κ2) is 9.34. The van der Waals surface area contributed by atoms with Crippen LogP contribution in [0.5, 0.6) is 0 Å². The van der Waals surface area contributed by atoms with E-state index in [4.69, 9.17) is 4.74 Å². The normalized spacial score (nSPS) is 13.6. The molecule has 0 aliphatic carbocycles. The van der Waals surface area contributed by atoms with Crippen molar-refractivity contribution in [2.45, 2.75) is 25.4 Å². The molecular formula is C15H24N2O3. The first-order valence-electron chi connectivity index (χ1n) is 6.91. The summed E-state index contributed by atoms with van der Waals surface area (Å²) in [5, 5.41) is 14.9. The first-order valence-corrected chi connectivity index (χ1v) is 6.91. The average Bonchev–Trinajstić information content (AvgIpc) is 2.47. The van der Waals surface area contributed by atoms with Gasteiger partial charge in [-0.25, -0.2) is 4.79 Å². The van der Waals surface area contributed by atoms with Crippen molar-refractivity contribution in [2.75, 3.05) is 26.8 Å². The molecule has 1 aromatic rings. The van der Waals surface area contributed by atoms with Crippen LogP contribution in [0.25, 0.3) is 0 Å². The predicted octanol–water partition coefficient (Wildman–Crippen LogP) is 1.49. The van der Waals surface area contributed by atoms with Gasteiger partial charge in [-0.05, 0) is 12.0 Å². The molecular weight excluding hydrogens is 256 g/mol. The first kappa shape index (κ1) is 16.5. The van der Waals surface area contributed by atoms with E-state index < -0.39 is 6.10 Å². The van der Waals surface area contributed by atoms with Gasteiger partial charge in [-0.3, -0.25) is 0 Å². The van der Waals surface area contributed by atoms with Crippen LogP contribution >= 0.6 is 0 Å². The zero-order valence-electron chi connectivity index (χ0n) is 12.1. The van der Waals surface area contributed by atoms with Gasteiger partial charge in [0.25, 0.3) is 0 Å². The third-order valence-corrected chi connectivity index (χ3v) is 3.13. The number of benzene rings is 1. The highest BCUT2D eigenvalue weighted by Crippen LogP contribution is 2.17. The Labute approximate surface area is 120 Å². The summed E-state index contributed by atoms with van der Waals surface area (Å²) in [6.07, 6.45) is 0.276. The molecule has 2 atom stereocenters. The van der Waals surface area contributed by atoms with E-state index in [1.54, 1.807) is 0 Å². The summed E-state index contributed by atoms with van der Waals surface area (Å²) >= 11 is 0. The van der Waals surface area contributed by atoms with Crippen molar-refractivity contribution in [3.8, 4) is 0 Å². The van der Waals surface area contributed by atoms with Gasteiger partial charge in [0, 0.05) is 26.1 Å². The van der Waals surface area contributed by atoms with Gasteiger partial charge < -0.3 is 20.5 Å². The van der Waals surface area contributed by atoms with Crippen LogP contribution in [0.2, 0.25) is 0 Å². The monoisotopic (exact) mass is 280 g/mol. The highest BCUT2D eigenvalue weighted by molar-refractivity contribution is 5.73. The van der Waals surface area contributed by atoms with Gasteiger partial charge in [0.2, 0.25) is 0 Å². The van der Waals surface area contributed by atoms with Crippen molar-refractivity contribution in [3.63, 3.8) is 0 Å². The summed E-state index contributed by atoms with van der Waals surface area (Å²) in [5.41, 5.74) is 1.22. The number of carbonyl (C=O) groups excluding carboxylic acids is 1. The van der Waals surface area contributed by atoms with Gasteiger partial charge in [-0.2, -0.15) is 0 Å². The van der Waals surface area contributed by atoms with Gasteiger partial charge >= 0.3 is 6.03 Å². The zero-order valence-corrected chi connectivity index (χ0v) is 12.1. The summed E-state index contributed by atoms with van der Waals surface area (Å²) in [4.78, 5) is 11.6. The summed E-state index contributed by atoms with van der Waals surface area (Å²) in [5.74, 6) is 0.297. The molecule has 1 rings (SSSR count). The number of methoxy groups -OCH3 is 1. The maximum atomic E-state index is 11.6. The molecule has 0 saturated heterocycles. The molecule has 0 aromatic heterocycles. The fourth-order valence-corrected chi connectivity index (χ4v) is 1.96. The molecule has 3 N–H and O–H groups in total. The lowest BCUT2D eigenvalue weighted by atomic mass is 9.97. The Morgan fingerprint density at radius 1 is 1.25 bits per heavy atom. The topological polar surface area (TPSA) is 70.6 Å². The van der Waals surface area contributed by atoms with Crippen LogP contribution in [-0.4, -0.2) is 44.0 Å². The molecule has 0 aliphatic heterocycles. The molecule has 0 bridgehead atoms. The second-order valence-corrected chi connectivity index (χ2v) is 4.72. The maximum absolute atomic E-state index is 11.6. The molecule has 2 unspecified atom stereocenters. The Bertz CT molecular complexity index is 384. The smallest absolute Gasteiger partial charge is 0.314 e. The summed E-state index contributed by atoms with van der Waals surface area (Å²) in [7, 11) is 1.51. The Morgan fingerprint density at radius 2 is 1.90 bits per heavy atom. The molecule has 5 heteroatoms. The van der Waals surface area contributed by atoms with E-state index in [1.807, 2.05) is 18.2 Å². The van der Waals surface area contributed by atoms with Crippen LogP contribution in [0.3, 0.4) is 0 Å². The third kappa shape index (κ3) is 6.04. The van der Waals surface area contributed by atoms with Crippen LogP contribution in [0, 0.1) is 0 Å². The van der Waals surface area contributed by atoms with E-state index in [2.05, 4.69) is 29.7 Å².